The third-order valence-corrected chi connectivity index (χ3v) is 3.67. The van der Waals surface area contributed by atoms with E-state index in [1.165, 1.54) is 5.56 Å². The van der Waals surface area contributed by atoms with Crippen LogP contribution in [0.3, 0.4) is 0 Å². The summed E-state index contributed by atoms with van der Waals surface area (Å²) in [5.41, 5.74) is 3.00. The molecule has 1 aliphatic heterocycles. The fraction of sp³-hybridized carbons (Fsp3) is 0.500. The minimum absolute atomic E-state index is 0.153. The number of benzene rings is 1. The Morgan fingerprint density at radius 3 is 2.62 bits per heavy atom. The Labute approximate surface area is 125 Å². The minimum Gasteiger partial charge on any atom is -0.357 e. The number of carbonyl (C=O) groups is 2. The van der Waals surface area contributed by atoms with E-state index in [4.69, 9.17) is 0 Å². The molecule has 2 amide bonds. The lowest BCUT2D eigenvalue weighted by Crippen LogP contribution is -2.46. The van der Waals surface area contributed by atoms with Crippen LogP contribution in [0, 0.1) is 5.92 Å². The Bertz CT molecular complexity index is 540. The van der Waals surface area contributed by atoms with Gasteiger partial charge in [-0.25, -0.2) is 0 Å². The molecule has 0 aromatic heterocycles. The fourth-order valence-corrected chi connectivity index (χ4v) is 2.55. The van der Waals surface area contributed by atoms with Gasteiger partial charge in [-0.15, -0.1) is 0 Å². The molecule has 3 N–H and O–H groups in total. The first kappa shape index (κ1) is 15.5. The maximum atomic E-state index is 12.3. The zero-order chi connectivity index (χ0) is 15.4. The van der Waals surface area contributed by atoms with Crippen molar-refractivity contribution < 1.29 is 9.59 Å². The van der Waals surface area contributed by atoms with E-state index in [-0.39, 0.29) is 11.8 Å². The van der Waals surface area contributed by atoms with Crippen LogP contribution in [0.2, 0.25) is 0 Å². The molecule has 0 fully saturated rings. The first-order chi connectivity index (χ1) is 10.0. The average Bonchev–Trinajstić information content (AvgIpc) is 2.92. The standard InChI is InChI=1S/C16H23N3O2/c1-10(2)6-14(16(21)17-3)19-15(20)11-4-5-12-8-18-9-13(12)7-11/h4-5,7,10,14,18H,6,8-9H2,1-3H3,(H,17,21)(H,19,20). The van der Waals surface area contributed by atoms with E-state index in [1.54, 1.807) is 7.05 Å². The van der Waals surface area contributed by atoms with Gasteiger partial charge in [-0.1, -0.05) is 19.9 Å². The van der Waals surface area contributed by atoms with Gasteiger partial charge in [-0.2, -0.15) is 0 Å². The summed E-state index contributed by atoms with van der Waals surface area (Å²) in [6.45, 7) is 5.71. The lowest BCUT2D eigenvalue weighted by atomic mass is 10.0. The number of hydrogen-bond donors (Lipinski definition) is 3. The Kier molecular flexibility index (Phi) is 4.96. The van der Waals surface area contributed by atoms with Crippen molar-refractivity contribution >= 4 is 11.8 Å². The highest BCUT2D eigenvalue weighted by atomic mass is 16.2. The zero-order valence-corrected chi connectivity index (χ0v) is 12.8. The molecule has 1 heterocycles. The Hall–Kier alpha value is -1.88. The van der Waals surface area contributed by atoms with Crippen molar-refractivity contribution in [1.29, 1.82) is 0 Å². The van der Waals surface area contributed by atoms with Crippen LogP contribution >= 0.6 is 0 Å². The third-order valence-electron chi connectivity index (χ3n) is 3.67. The normalized spacial score (nSPS) is 14.7. The van der Waals surface area contributed by atoms with Crippen LogP contribution in [0.25, 0.3) is 0 Å². The van der Waals surface area contributed by atoms with Crippen molar-refractivity contribution in [3.05, 3.63) is 34.9 Å². The van der Waals surface area contributed by atoms with Gasteiger partial charge >= 0.3 is 0 Å². The smallest absolute Gasteiger partial charge is 0.251 e. The summed E-state index contributed by atoms with van der Waals surface area (Å²) in [6.07, 6.45) is 0.623. The first-order valence-electron chi connectivity index (χ1n) is 7.36. The van der Waals surface area contributed by atoms with Gasteiger partial charge in [0.1, 0.15) is 6.04 Å². The molecule has 1 atom stereocenters. The second kappa shape index (κ2) is 6.72. The van der Waals surface area contributed by atoms with Crippen molar-refractivity contribution in [2.75, 3.05) is 7.05 Å². The summed E-state index contributed by atoms with van der Waals surface area (Å²) >= 11 is 0. The van der Waals surface area contributed by atoms with E-state index in [1.807, 2.05) is 32.0 Å². The molecule has 5 nitrogen and oxygen atoms in total. The SMILES string of the molecule is CNC(=O)C(CC(C)C)NC(=O)c1ccc2c(c1)CNC2. The van der Waals surface area contributed by atoms with E-state index in [2.05, 4.69) is 16.0 Å². The molecule has 5 heteroatoms. The van der Waals surface area contributed by atoms with Gasteiger partial charge < -0.3 is 16.0 Å². The van der Waals surface area contributed by atoms with Crippen LogP contribution < -0.4 is 16.0 Å². The molecule has 0 saturated carbocycles. The van der Waals surface area contributed by atoms with E-state index in [9.17, 15) is 9.59 Å². The first-order valence-corrected chi connectivity index (χ1v) is 7.36. The van der Waals surface area contributed by atoms with Crippen LogP contribution in [-0.2, 0) is 17.9 Å². The molecule has 0 aliphatic carbocycles. The molecule has 0 spiro atoms. The van der Waals surface area contributed by atoms with Gasteiger partial charge in [0, 0.05) is 25.7 Å². The van der Waals surface area contributed by atoms with Crippen LogP contribution in [0.5, 0.6) is 0 Å². The molecule has 21 heavy (non-hydrogen) atoms. The van der Waals surface area contributed by atoms with E-state index in [0.29, 0.717) is 17.9 Å². The predicted molar refractivity (Wildman–Crippen MR) is 81.8 cm³/mol. The molecule has 1 aromatic rings. The number of amides is 2. The zero-order valence-electron chi connectivity index (χ0n) is 12.8. The fourth-order valence-electron chi connectivity index (χ4n) is 2.55. The molecule has 0 radical (unpaired) electrons. The second-order valence-corrected chi connectivity index (χ2v) is 5.86. The van der Waals surface area contributed by atoms with E-state index < -0.39 is 6.04 Å². The molecule has 114 valence electrons. The van der Waals surface area contributed by atoms with Crippen molar-refractivity contribution in [2.45, 2.75) is 39.4 Å². The van der Waals surface area contributed by atoms with Crippen LogP contribution in [0.4, 0.5) is 0 Å². The summed E-state index contributed by atoms with van der Waals surface area (Å²) in [5, 5.41) is 8.69. The largest absolute Gasteiger partial charge is 0.357 e. The molecular formula is C16H23N3O2. The highest BCUT2D eigenvalue weighted by Gasteiger charge is 2.22. The molecule has 1 unspecified atom stereocenters. The maximum absolute atomic E-state index is 12.3. The highest BCUT2D eigenvalue weighted by molar-refractivity contribution is 5.97. The van der Waals surface area contributed by atoms with Crippen LogP contribution in [0.15, 0.2) is 18.2 Å². The molecule has 0 saturated heterocycles. The van der Waals surface area contributed by atoms with Crippen LogP contribution in [0.1, 0.15) is 41.8 Å². The van der Waals surface area contributed by atoms with E-state index >= 15 is 0 Å². The molecular weight excluding hydrogens is 266 g/mol. The Morgan fingerprint density at radius 2 is 1.95 bits per heavy atom. The number of likely N-dealkylation sites (N-methyl/N-ethyl adjacent to an activating group) is 1. The Morgan fingerprint density at radius 1 is 1.24 bits per heavy atom. The molecule has 2 rings (SSSR count). The predicted octanol–water partition coefficient (Wildman–Crippen LogP) is 1.18. The van der Waals surface area contributed by atoms with Gasteiger partial charge in [0.15, 0.2) is 0 Å². The summed E-state index contributed by atoms with van der Waals surface area (Å²) in [6, 6.07) is 5.20. The maximum Gasteiger partial charge on any atom is 0.251 e. The van der Waals surface area contributed by atoms with Gasteiger partial charge in [-0.05, 0) is 35.6 Å². The van der Waals surface area contributed by atoms with E-state index in [0.717, 1.165) is 18.7 Å². The highest BCUT2D eigenvalue weighted by Crippen LogP contribution is 2.17. The van der Waals surface area contributed by atoms with Crippen molar-refractivity contribution in [2.24, 2.45) is 5.92 Å². The number of carbonyl (C=O) groups excluding carboxylic acids is 2. The van der Waals surface area contributed by atoms with Crippen LogP contribution in [-0.4, -0.2) is 24.9 Å². The number of fused-ring (bicyclic) bond motifs is 1. The minimum atomic E-state index is -0.492. The molecule has 1 aliphatic rings. The summed E-state index contributed by atoms with van der Waals surface area (Å²) in [5.74, 6) is -0.0179. The number of hydrogen-bond acceptors (Lipinski definition) is 3. The van der Waals surface area contributed by atoms with Gasteiger partial charge in [0.05, 0.1) is 0 Å². The number of rotatable bonds is 5. The van der Waals surface area contributed by atoms with Crippen molar-refractivity contribution in [1.82, 2.24) is 16.0 Å². The lowest BCUT2D eigenvalue weighted by Gasteiger charge is -2.19. The third kappa shape index (κ3) is 3.82. The molecule has 0 bridgehead atoms. The van der Waals surface area contributed by atoms with Crippen molar-refractivity contribution in [3.8, 4) is 0 Å². The van der Waals surface area contributed by atoms with Gasteiger partial charge in [0.2, 0.25) is 5.91 Å². The monoisotopic (exact) mass is 289 g/mol. The molecule has 1 aromatic carbocycles. The van der Waals surface area contributed by atoms with Crippen molar-refractivity contribution in [3.63, 3.8) is 0 Å². The topological polar surface area (TPSA) is 70.2 Å². The lowest BCUT2D eigenvalue weighted by molar-refractivity contribution is -0.122. The van der Waals surface area contributed by atoms with Gasteiger partial charge in [0.25, 0.3) is 5.91 Å². The summed E-state index contributed by atoms with van der Waals surface area (Å²) in [7, 11) is 1.59. The number of nitrogens with one attached hydrogen (secondary N) is 3. The van der Waals surface area contributed by atoms with Gasteiger partial charge in [-0.3, -0.25) is 9.59 Å². The second-order valence-electron chi connectivity index (χ2n) is 5.86. The quantitative estimate of drug-likeness (QED) is 0.762. The summed E-state index contributed by atoms with van der Waals surface area (Å²) in [4.78, 5) is 24.2. The summed E-state index contributed by atoms with van der Waals surface area (Å²) < 4.78 is 0. The average molecular weight is 289 g/mol. The Balaban J connectivity index is 2.09.